The standard InChI is InChI=1S/C45H34N2S/c1-4-12-31(13-5-1)33-20-24-37(25-21-33)47(38-29-41-44-39-19-11-10-18-35(39)23-27-43(44)48-45(41)46-30-38)42-26-22-36(32-14-6-2-7-15-32)28-40(42)34-16-8-3-9-17-34/h1-12,14-24,26-31,37H,13,25H2. The topological polar surface area (TPSA) is 16.1 Å². The van der Waals surface area contributed by atoms with Gasteiger partial charge in [0.15, 0.2) is 0 Å². The van der Waals surface area contributed by atoms with Crippen LogP contribution in [0.15, 0.2) is 176 Å². The zero-order chi connectivity index (χ0) is 31.9. The second kappa shape index (κ2) is 12.3. The molecule has 0 N–H and O–H groups in total. The van der Waals surface area contributed by atoms with E-state index in [9.17, 15) is 0 Å². The first kappa shape index (κ1) is 28.7. The maximum absolute atomic E-state index is 5.14. The van der Waals surface area contributed by atoms with E-state index in [4.69, 9.17) is 4.98 Å². The molecule has 0 aliphatic heterocycles. The van der Waals surface area contributed by atoms with E-state index in [1.54, 1.807) is 11.3 Å². The molecule has 7 aromatic rings. The van der Waals surface area contributed by atoms with Gasteiger partial charge in [0.2, 0.25) is 0 Å². The third kappa shape index (κ3) is 5.17. The lowest BCUT2D eigenvalue weighted by atomic mass is 9.87. The van der Waals surface area contributed by atoms with Gasteiger partial charge in [-0.25, -0.2) is 4.98 Å². The van der Waals surface area contributed by atoms with Gasteiger partial charge in [-0.15, -0.1) is 11.3 Å². The Morgan fingerprint density at radius 2 is 1.48 bits per heavy atom. The van der Waals surface area contributed by atoms with Crippen molar-refractivity contribution in [2.75, 3.05) is 4.90 Å². The van der Waals surface area contributed by atoms with Crippen LogP contribution < -0.4 is 4.90 Å². The fourth-order valence-corrected chi connectivity index (χ4v) is 8.43. The van der Waals surface area contributed by atoms with Crippen LogP contribution in [-0.2, 0) is 0 Å². The third-order valence-electron chi connectivity index (χ3n) is 9.78. The highest BCUT2D eigenvalue weighted by atomic mass is 32.1. The van der Waals surface area contributed by atoms with Gasteiger partial charge in [-0.3, -0.25) is 0 Å². The predicted molar refractivity (Wildman–Crippen MR) is 206 cm³/mol. The van der Waals surface area contributed by atoms with Crippen LogP contribution in [0.1, 0.15) is 12.8 Å². The summed E-state index contributed by atoms with van der Waals surface area (Å²) in [7, 11) is 0. The maximum atomic E-state index is 5.14. The van der Waals surface area contributed by atoms with Crippen molar-refractivity contribution in [3.8, 4) is 22.3 Å². The Bertz CT molecular complexity index is 2410. The maximum Gasteiger partial charge on any atom is 0.124 e. The molecule has 0 fully saturated rings. The molecule has 9 rings (SSSR count). The van der Waals surface area contributed by atoms with E-state index < -0.39 is 0 Å². The highest BCUT2D eigenvalue weighted by Gasteiger charge is 2.26. The minimum Gasteiger partial charge on any atom is -0.332 e. The van der Waals surface area contributed by atoms with Gasteiger partial charge in [-0.05, 0) is 70.1 Å². The summed E-state index contributed by atoms with van der Waals surface area (Å²) in [5.74, 6) is 0.439. The first-order chi connectivity index (χ1) is 23.8. The minimum atomic E-state index is 0.128. The van der Waals surface area contributed by atoms with Gasteiger partial charge in [-0.2, -0.15) is 0 Å². The van der Waals surface area contributed by atoms with E-state index in [0.717, 1.165) is 23.4 Å². The third-order valence-corrected chi connectivity index (χ3v) is 10.9. The van der Waals surface area contributed by atoms with Crippen LogP contribution in [0, 0.1) is 5.92 Å². The van der Waals surface area contributed by atoms with Crippen molar-refractivity contribution in [2.24, 2.45) is 5.92 Å². The van der Waals surface area contributed by atoms with Crippen molar-refractivity contribution in [1.29, 1.82) is 0 Å². The summed E-state index contributed by atoms with van der Waals surface area (Å²) in [6, 6.07) is 44.2. The predicted octanol–water partition coefficient (Wildman–Crippen LogP) is 12.5. The molecule has 0 saturated carbocycles. The number of benzene rings is 5. The van der Waals surface area contributed by atoms with Crippen molar-refractivity contribution < 1.29 is 0 Å². The Balaban J connectivity index is 1.24. The summed E-state index contributed by atoms with van der Waals surface area (Å²) < 4.78 is 1.27. The molecule has 0 spiro atoms. The summed E-state index contributed by atoms with van der Waals surface area (Å²) in [5, 5.41) is 5.05. The number of nitrogens with zero attached hydrogens (tertiary/aromatic N) is 2. The summed E-state index contributed by atoms with van der Waals surface area (Å²) in [4.78, 5) is 8.74. The smallest absolute Gasteiger partial charge is 0.124 e. The monoisotopic (exact) mass is 634 g/mol. The second-order valence-corrected chi connectivity index (χ2v) is 13.7. The summed E-state index contributed by atoms with van der Waals surface area (Å²) >= 11 is 1.78. The summed E-state index contributed by atoms with van der Waals surface area (Å²) in [6.07, 6.45) is 20.2. The quantitative estimate of drug-likeness (QED) is 0.181. The van der Waals surface area contributed by atoms with Crippen molar-refractivity contribution in [3.63, 3.8) is 0 Å². The van der Waals surface area contributed by atoms with Gasteiger partial charge >= 0.3 is 0 Å². The lowest BCUT2D eigenvalue weighted by Gasteiger charge is -2.35. The van der Waals surface area contributed by atoms with Gasteiger partial charge < -0.3 is 4.90 Å². The van der Waals surface area contributed by atoms with E-state index in [0.29, 0.717) is 5.92 Å². The van der Waals surface area contributed by atoms with Crippen molar-refractivity contribution >= 4 is 53.8 Å². The second-order valence-electron chi connectivity index (χ2n) is 12.7. The first-order valence-corrected chi connectivity index (χ1v) is 17.6. The Morgan fingerprint density at radius 1 is 0.667 bits per heavy atom. The number of anilines is 2. The van der Waals surface area contributed by atoms with Gasteiger partial charge in [0, 0.05) is 32.6 Å². The summed E-state index contributed by atoms with van der Waals surface area (Å²) in [5.41, 5.74) is 8.52. The highest BCUT2D eigenvalue weighted by molar-refractivity contribution is 7.25. The number of rotatable bonds is 6. The van der Waals surface area contributed by atoms with Crippen LogP contribution in [0.2, 0.25) is 0 Å². The fraction of sp³-hybridized carbons (Fsp3) is 0.0889. The number of thiophene rings is 1. The first-order valence-electron chi connectivity index (χ1n) is 16.8. The molecule has 0 saturated heterocycles. The van der Waals surface area contributed by atoms with E-state index in [1.165, 1.54) is 59.8 Å². The molecule has 2 unspecified atom stereocenters. The Kier molecular flexibility index (Phi) is 7.33. The number of pyridine rings is 1. The molecule has 2 nitrogen and oxygen atoms in total. The lowest BCUT2D eigenvalue weighted by molar-refractivity contribution is 0.731. The molecule has 2 heterocycles. The lowest BCUT2D eigenvalue weighted by Crippen LogP contribution is -2.31. The molecule has 2 atom stereocenters. The minimum absolute atomic E-state index is 0.128. The number of hydrogen-bond acceptors (Lipinski definition) is 3. The average Bonchev–Trinajstić information content (AvgIpc) is 3.55. The molecular weight excluding hydrogens is 601 g/mol. The number of fused-ring (bicyclic) bond motifs is 5. The molecule has 2 aromatic heterocycles. The molecular formula is C45H34N2S. The molecule has 230 valence electrons. The molecule has 48 heavy (non-hydrogen) atoms. The fourth-order valence-electron chi connectivity index (χ4n) is 7.39. The molecule has 0 amide bonds. The number of aromatic nitrogens is 1. The van der Waals surface area contributed by atoms with Crippen molar-refractivity contribution in [3.05, 3.63) is 176 Å². The number of allylic oxidation sites excluding steroid dienone is 6. The molecule has 2 aliphatic rings. The Morgan fingerprint density at radius 3 is 2.27 bits per heavy atom. The van der Waals surface area contributed by atoms with Crippen LogP contribution in [-0.4, -0.2) is 11.0 Å². The Labute approximate surface area is 285 Å². The molecule has 0 radical (unpaired) electrons. The largest absolute Gasteiger partial charge is 0.332 e. The average molecular weight is 635 g/mol. The van der Waals surface area contributed by atoms with Gasteiger partial charge in [0.1, 0.15) is 4.83 Å². The van der Waals surface area contributed by atoms with Crippen LogP contribution in [0.3, 0.4) is 0 Å². The Hall–Kier alpha value is -5.51. The number of hydrogen-bond donors (Lipinski definition) is 0. The van der Waals surface area contributed by atoms with Crippen LogP contribution in [0.5, 0.6) is 0 Å². The van der Waals surface area contributed by atoms with Gasteiger partial charge in [0.05, 0.1) is 17.9 Å². The zero-order valence-corrected chi connectivity index (χ0v) is 27.4. The summed E-state index contributed by atoms with van der Waals surface area (Å²) in [6.45, 7) is 0. The highest BCUT2D eigenvalue weighted by Crippen LogP contribution is 2.44. The van der Waals surface area contributed by atoms with E-state index in [-0.39, 0.29) is 6.04 Å². The van der Waals surface area contributed by atoms with Gasteiger partial charge in [0.25, 0.3) is 0 Å². The van der Waals surface area contributed by atoms with Gasteiger partial charge in [-0.1, -0.05) is 140 Å². The normalized spacial score (nSPS) is 17.3. The molecule has 3 heteroatoms. The molecule has 5 aromatic carbocycles. The van der Waals surface area contributed by atoms with E-state index in [2.05, 4.69) is 175 Å². The van der Waals surface area contributed by atoms with Crippen molar-refractivity contribution in [2.45, 2.75) is 18.9 Å². The van der Waals surface area contributed by atoms with Crippen LogP contribution in [0.25, 0.3) is 53.3 Å². The van der Waals surface area contributed by atoms with E-state index >= 15 is 0 Å². The zero-order valence-electron chi connectivity index (χ0n) is 26.5. The van der Waals surface area contributed by atoms with Crippen LogP contribution in [0.4, 0.5) is 11.4 Å². The molecule has 0 bridgehead atoms. The van der Waals surface area contributed by atoms with Crippen molar-refractivity contribution in [1.82, 2.24) is 4.98 Å². The molecule has 2 aliphatic carbocycles. The SMILES string of the molecule is C1=CCC(C2=CCC(N(c3cnc4sc5ccc6ccccc6c5c4c3)c3ccc(-c4ccccc4)cc3-c3ccccc3)C=C2)C=C1. The van der Waals surface area contributed by atoms with E-state index in [1.807, 2.05) is 0 Å². The van der Waals surface area contributed by atoms with Crippen LogP contribution >= 0.6 is 11.3 Å².